The fourth-order valence-electron chi connectivity index (χ4n) is 1.27. The molecule has 0 atom stereocenters. The molecular formula is C12H10F2N2O. The zero-order valence-electron chi connectivity index (χ0n) is 9.08. The smallest absolute Gasteiger partial charge is 0.219 e. The number of aromatic nitrogens is 1. The van der Waals surface area contributed by atoms with Gasteiger partial charge in [-0.2, -0.15) is 0 Å². The Morgan fingerprint density at radius 2 is 1.94 bits per heavy atom. The van der Waals surface area contributed by atoms with E-state index in [2.05, 4.69) is 4.98 Å². The fourth-order valence-corrected chi connectivity index (χ4v) is 1.27. The van der Waals surface area contributed by atoms with Crippen LogP contribution in [0.5, 0.6) is 11.6 Å². The number of anilines is 1. The van der Waals surface area contributed by atoms with E-state index in [1.54, 1.807) is 13.0 Å². The first-order valence-electron chi connectivity index (χ1n) is 4.92. The molecule has 3 nitrogen and oxygen atoms in total. The van der Waals surface area contributed by atoms with Crippen LogP contribution in [0, 0.1) is 18.6 Å². The van der Waals surface area contributed by atoms with Crippen LogP contribution in [0.1, 0.15) is 5.69 Å². The minimum atomic E-state index is -0.650. The first-order chi connectivity index (χ1) is 8.06. The maximum absolute atomic E-state index is 13.3. The Bertz CT molecular complexity index is 558. The Kier molecular flexibility index (Phi) is 2.91. The number of pyridine rings is 1. The van der Waals surface area contributed by atoms with Gasteiger partial charge in [-0.05, 0) is 25.1 Å². The number of nitrogens with zero attached hydrogens (tertiary/aromatic N) is 1. The second-order valence-corrected chi connectivity index (χ2v) is 3.50. The molecule has 0 spiro atoms. The summed E-state index contributed by atoms with van der Waals surface area (Å²) in [6.45, 7) is 1.70. The van der Waals surface area contributed by atoms with Crippen LogP contribution in [0.4, 0.5) is 14.5 Å². The maximum atomic E-state index is 13.3. The minimum absolute atomic E-state index is 0.168. The van der Waals surface area contributed by atoms with E-state index >= 15 is 0 Å². The summed E-state index contributed by atoms with van der Waals surface area (Å²) in [5, 5.41) is 0. The molecule has 0 bridgehead atoms. The third kappa shape index (κ3) is 2.50. The Balaban J connectivity index is 2.31. The normalized spacial score (nSPS) is 10.3. The molecule has 0 fully saturated rings. The SMILES string of the molecule is Cc1nc(Oc2cc(F)ccc2F)ccc1N. The van der Waals surface area contributed by atoms with E-state index in [9.17, 15) is 8.78 Å². The van der Waals surface area contributed by atoms with E-state index in [1.807, 2.05) is 0 Å². The number of benzene rings is 1. The quantitative estimate of drug-likeness (QED) is 0.871. The van der Waals surface area contributed by atoms with Crippen molar-refractivity contribution in [2.24, 2.45) is 0 Å². The number of ether oxygens (including phenoxy) is 1. The lowest BCUT2D eigenvalue weighted by molar-refractivity contribution is 0.422. The molecule has 0 saturated carbocycles. The summed E-state index contributed by atoms with van der Waals surface area (Å²) in [7, 11) is 0. The van der Waals surface area contributed by atoms with E-state index in [0.29, 0.717) is 11.4 Å². The van der Waals surface area contributed by atoms with Gasteiger partial charge in [-0.1, -0.05) is 0 Å². The summed E-state index contributed by atoms with van der Waals surface area (Å²) in [6, 6.07) is 6.06. The molecule has 0 amide bonds. The predicted octanol–water partition coefficient (Wildman–Crippen LogP) is 3.04. The van der Waals surface area contributed by atoms with Crippen molar-refractivity contribution in [3.8, 4) is 11.6 Å². The van der Waals surface area contributed by atoms with Crippen LogP contribution in [-0.2, 0) is 0 Å². The third-order valence-electron chi connectivity index (χ3n) is 2.21. The number of halogens is 2. The monoisotopic (exact) mass is 236 g/mol. The Morgan fingerprint density at radius 1 is 1.18 bits per heavy atom. The lowest BCUT2D eigenvalue weighted by Gasteiger charge is -2.07. The molecular weight excluding hydrogens is 226 g/mol. The zero-order valence-corrected chi connectivity index (χ0v) is 9.08. The summed E-state index contributed by atoms with van der Waals surface area (Å²) in [6.07, 6.45) is 0. The van der Waals surface area contributed by atoms with Crippen molar-refractivity contribution in [3.63, 3.8) is 0 Å². The van der Waals surface area contributed by atoms with Gasteiger partial charge < -0.3 is 10.5 Å². The Morgan fingerprint density at radius 3 is 2.65 bits per heavy atom. The molecule has 0 aliphatic rings. The van der Waals surface area contributed by atoms with Crippen molar-refractivity contribution >= 4 is 5.69 Å². The van der Waals surface area contributed by atoms with Crippen molar-refractivity contribution in [3.05, 3.63) is 47.7 Å². The molecule has 0 aliphatic carbocycles. The van der Waals surface area contributed by atoms with E-state index in [0.717, 1.165) is 18.2 Å². The van der Waals surface area contributed by atoms with Gasteiger partial charge in [0.2, 0.25) is 5.88 Å². The summed E-state index contributed by atoms with van der Waals surface area (Å²) >= 11 is 0. The van der Waals surface area contributed by atoms with Crippen molar-refractivity contribution in [2.45, 2.75) is 6.92 Å². The van der Waals surface area contributed by atoms with Gasteiger partial charge in [0.1, 0.15) is 5.82 Å². The predicted molar refractivity (Wildman–Crippen MR) is 59.8 cm³/mol. The first kappa shape index (κ1) is 11.3. The van der Waals surface area contributed by atoms with Crippen LogP contribution in [-0.4, -0.2) is 4.98 Å². The number of nitrogens with two attached hydrogens (primary N) is 1. The van der Waals surface area contributed by atoms with Gasteiger partial charge in [0.05, 0.1) is 11.4 Å². The van der Waals surface area contributed by atoms with Crippen LogP contribution < -0.4 is 10.5 Å². The summed E-state index contributed by atoms with van der Waals surface area (Å²) < 4.78 is 31.3. The van der Waals surface area contributed by atoms with Crippen LogP contribution in [0.3, 0.4) is 0 Å². The van der Waals surface area contributed by atoms with E-state index < -0.39 is 11.6 Å². The lowest BCUT2D eigenvalue weighted by atomic mass is 10.3. The van der Waals surface area contributed by atoms with Gasteiger partial charge in [0.25, 0.3) is 0 Å². The highest BCUT2D eigenvalue weighted by Crippen LogP contribution is 2.24. The van der Waals surface area contributed by atoms with Crippen LogP contribution >= 0.6 is 0 Å². The highest BCUT2D eigenvalue weighted by molar-refractivity contribution is 5.44. The van der Waals surface area contributed by atoms with Crippen molar-refractivity contribution in [1.29, 1.82) is 0 Å². The molecule has 0 aliphatic heterocycles. The highest BCUT2D eigenvalue weighted by Gasteiger charge is 2.07. The summed E-state index contributed by atoms with van der Waals surface area (Å²) in [5.74, 6) is -1.26. The van der Waals surface area contributed by atoms with Crippen molar-refractivity contribution < 1.29 is 13.5 Å². The largest absolute Gasteiger partial charge is 0.436 e. The zero-order chi connectivity index (χ0) is 12.4. The third-order valence-corrected chi connectivity index (χ3v) is 2.21. The van der Waals surface area contributed by atoms with Gasteiger partial charge in [-0.25, -0.2) is 13.8 Å². The number of rotatable bonds is 2. The van der Waals surface area contributed by atoms with E-state index in [-0.39, 0.29) is 11.6 Å². The molecule has 1 aromatic heterocycles. The number of hydrogen-bond donors (Lipinski definition) is 1. The molecule has 0 radical (unpaired) electrons. The molecule has 2 rings (SSSR count). The number of hydrogen-bond acceptors (Lipinski definition) is 3. The number of aryl methyl sites for hydroxylation is 1. The second-order valence-electron chi connectivity index (χ2n) is 3.50. The lowest BCUT2D eigenvalue weighted by Crippen LogP contribution is -1.96. The molecule has 0 unspecified atom stereocenters. The van der Waals surface area contributed by atoms with Crippen LogP contribution in [0.15, 0.2) is 30.3 Å². The molecule has 2 N–H and O–H groups in total. The van der Waals surface area contributed by atoms with Gasteiger partial charge in [0, 0.05) is 12.1 Å². The topological polar surface area (TPSA) is 48.1 Å². The highest BCUT2D eigenvalue weighted by atomic mass is 19.1. The van der Waals surface area contributed by atoms with Crippen LogP contribution in [0.25, 0.3) is 0 Å². The van der Waals surface area contributed by atoms with Gasteiger partial charge in [-0.15, -0.1) is 0 Å². The minimum Gasteiger partial charge on any atom is -0.436 e. The molecule has 88 valence electrons. The van der Waals surface area contributed by atoms with Gasteiger partial charge >= 0.3 is 0 Å². The van der Waals surface area contributed by atoms with E-state index in [1.165, 1.54) is 6.07 Å². The van der Waals surface area contributed by atoms with Crippen molar-refractivity contribution in [1.82, 2.24) is 4.98 Å². The van der Waals surface area contributed by atoms with Gasteiger partial charge in [-0.3, -0.25) is 0 Å². The Labute approximate surface area is 96.9 Å². The molecule has 5 heteroatoms. The van der Waals surface area contributed by atoms with E-state index in [4.69, 9.17) is 10.5 Å². The first-order valence-corrected chi connectivity index (χ1v) is 4.92. The molecule has 17 heavy (non-hydrogen) atoms. The van der Waals surface area contributed by atoms with Crippen LogP contribution in [0.2, 0.25) is 0 Å². The van der Waals surface area contributed by atoms with Gasteiger partial charge in [0.15, 0.2) is 11.6 Å². The Hall–Kier alpha value is -2.17. The molecule has 1 aromatic carbocycles. The summed E-state index contributed by atoms with van der Waals surface area (Å²) in [5.41, 5.74) is 6.66. The average Bonchev–Trinajstić information content (AvgIpc) is 2.29. The maximum Gasteiger partial charge on any atom is 0.219 e. The fraction of sp³-hybridized carbons (Fsp3) is 0.0833. The average molecular weight is 236 g/mol. The van der Waals surface area contributed by atoms with Crippen molar-refractivity contribution in [2.75, 3.05) is 5.73 Å². The molecule has 0 saturated heterocycles. The molecule has 1 heterocycles. The standard InChI is InChI=1S/C12H10F2N2O/c1-7-10(15)4-5-12(16-7)17-11-6-8(13)2-3-9(11)14/h2-6H,15H2,1H3. The second kappa shape index (κ2) is 4.37. The molecule has 2 aromatic rings. The number of nitrogen functional groups attached to an aromatic ring is 1. The summed E-state index contributed by atoms with van der Waals surface area (Å²) in [4.78, 5) is 4.00.